The summed E-state index contributed by atoms with van der Waals surface area (Å²) in [7, 11) is 4.16. The van der Waals surface area contributed by atoms with Crippen LogP contribution >= 0.6 is 0 Å². The molecule has 1 aromatic rings. The normalized spacial score (nSPS) is 21.9. The molecular formula is C17H23N3O. The molecule has 1 aromatic carbocycles. The summed E-state index contributed by atoms with van der Waals surface area (Å²) in [6, 6.07) is 9.38. The van der Waals surface area contributed by atoms with E-state index >= 15 is 0 Å². The van der Waals surface area contributed by atoms with Gasteiger partial charge in [0.05, 0.1) is 11.6 Å². The smallest absolute Gasteiger partial charge is 0.253 e. The van der Waals surface area contributed by atoms with Crippen molar-refractivity contribution in [3.63, 3.8) is 0 Å². The SMILES string of the molecule is CC(C)[C@H]1CN(C(=O)c2ccc(C#N)cc2)C[C@@H]1N(C)C. The monoisotopic (exact) mass is 285 g/mol. The molecule has 2 atom stereocenters. The number of nitrogens with zero attached hydrogens (tertiary/aromatic N) is 3. The van der Waals surface area contributed by atoms with Gasteiger partial charge in [-0.2, -0.15) is 5.26 Å². The lowest BCUT2D eigenvalue weighted by molar-refractivity contribution is 0.0780. The van der Waals surface area contributed by atoms with Crippen molar-refractivity contribution in [3.8, 4) is 6.07 Å². The predicted octanol–water partition coefficient (Wildman–Crippen LogP) is 2.22. The van der Waals surface area contributed by atoms with E-state index in [9.17, 15) is 4.79 Å². The second-order valence-corrected chi connectivity index (χ2v) is 6.34. The zero-order valence-electron chi connectivity index (χ0n) is 13.2. The van der Waals surface area contributed by atoms with Crippen LogP contribution in [0, 0.1) is 23.2 Å². The van der Waals surface area contributed by atoms with E-state index in [1.165, 1.54) is 0 Å². The second-order valence-electron chi connectivity index (χ2n) is 6.34. The Labute approximate surface area is 127 Å². The lowest BCUT2D eigenvalue weighted by atomic mass is 9.91. The number of carbonyl (C=O) groups is 1. The van der Waals surface area contributed by atoms with Gasteiger partial charge in [0.1, 0.15) is 0 Å². The van der Waals surface area contributed by atoms with Gasteiger partial charge in [0.25, 0.3) is 5.91 Å². The quantitative estimate of drug-likeness (QED) is 0.855. The Morgan fingerprint density at radius 3 is 2.33 bits per heavy atom. The van der Waals surface area contributed by atoms with Gasteiger partial charge in [0, 0.05) is 24.7 Å². The van der Waals surface area contributed by atoms with Crippen LogP contribution in [0.1, 0.15) is 29.8 Å². The van der Waals surface area contributed by atoms with Gasteiger partial charge in [0.2, 0.25) is 0 Å². The summed E-state index contributed by atoms with van der Waals surface area (Å²) < 4.78 is 0. The average Bonchev–Trinajstić information content (AvgIpc) is 2.92. The van der Waals surface area contributed by atoms with Gasteiger partial charge in [-0.05, 0) is 50.2 Å². The summed E-state index contributed by atoms with van der Waals surface area (Å²) in [6.45, 7) is 6.02. The predicted molar refractivity (Wildman–Crippen MR) is 82.9 cm³/mol. The molecule has 0 aliphatic carbocycles. The fraction of sp³-hybridized carbons (Fsp3) is 0.529. The third kappa shape index (κ3) is 3.25. The first-order chi connectivity index (χ1) is 9.93. The summed E-state index contributed by atoms with van der Waals surface area (Å²) in [5, 5.41) is 8.82. The number of hydrogen-bond donors (Lipinski definition) is 0. The molecular weight excluding hydrogens is 262 g/mol. The van der Waals surface area contributed by atoms with Crippen LogP contribution in [0.25, 0.3) is 0 Å². The molecule has 112 valence electrons. The average molecular weight is 285 g/mol. The number of benzene rings is 1. The van der Waals surface area contributed by atoms with E-state index in [4.69, 9.17) is 5.26 Å². The van der Waals surface area contributed by atoms with Crippen LogP contribution in [0.5, 0.6) is 0 Å². The zero-order chi connectivity index (χ0) is 15.6. The Kier molecular flexibility index (Phi) is 4.64. The van der Waals surface area contributed by atoms with E-state index in [2.05, 4.69) is 38.9 Å². The van der Waals surface area contributed by atoms with Gasteiger partial charge in [-0.3, -0.25) is 4.79 Å². The fourth-order valence-corrected chi connectivity index (χ4v) is 3.05. The van der Waals surface area contributed by atoms with Crippen LogP contribution in [0.15, 0.2) is 24.3 Å². The van der Waals surface area contributed by atoms with Crippen LogP contribution in [-0.4, -0.2) is 48.9 Å². The van der Waals surface area contributed by atoms with E-state index in [1.54, 1.807) is 24.3 Å². The summed E-state index contributed by atoms with van der Waals surface area (Å²) in [5.74, 6) is 1.12. The Hall–Kier alpha value is -1.86. The summed E-state index contributed by atoms with van der Waals surface area (Å²) >= 11 is 0. The largest absolute Gasteiger partial charge is 0.337 e. The molecule has 0 radical (unpaired) electrons. The van der Waals surface area contributed by atoms with Crippen LogP contribution in [0.4, 0.5) is 0 Å². The molecule has 1 fully saturated rings. The van der Waals surface area contributed by atoms with E-state index < -0.39 is 0 Å². The molecule has 1 saturated heterocycles. The van der Waals surface area contributed by atoms with E-state index in [0.717, 1.165) is 13.1 Å². The van der Waals surface area contributed by atoms with Crippen LogP contribution in [0.3, 0.4) is 0 Å². The summed E-state index contributed by atoms with van der Waals surface area (Å²) in [5.41, 5.74) is 1.25. The minimum absolute atomic E-state index is 0.0643. The highest BCUT2D eigenvalue weighted by molar-refractivity contribution is 5.94. The maximum atomic E-state index is 12.6. The first-order valence-electron chi connectivity index (χ1n) is 7.40. The van der Waals surface area contributed by atoms with Crippen molar-refractivity contribution in [1.29, 1.82) is 5.26 Å². The van der Waals surface area contributed by atoms with Gasteiger partial charge in [0.15, 0.2) is 0 Å². The highest BCUT2D eigenvalue weighted by Gasteiger charge is 2.38. The first kappa shape index (κ1) is 15.5. The Balaban J connectivity index is 2.15. The molecule has 0 bridgehead atoms. The van der Waals surface area contributed by atoms with Crippen molar-refractivity contribution in [2.75, 3.05) is 27.2 Å². The number of hydrogen-bond acceptors (Lipinski definition) is 3. The zero-order valence-corrected chi connectivity index (χ0v) is 13.2. The van der Waals surface area contributed by atoms with Gasteiger partial charge < -0.3 is 9.80 Å². The van der Waals surface area contributed by atoms with Crippen LogP contribution < -0.4 is 0 Å². The molecule has 2 rings (SSSR count). The molecule has 1 heterocycles. The lowest BCUT2D eigenvalue weighted by Crippen LogP contribution is -2.37. The number of likely N-dealkylation sites (N-methyl/N-ethyl adjacent to an activating group) is 1. The van der Waals surface area contributed by atoms with Crippen LogP contribution in [-0.2, 0) is 0 Å². The van der Waals surface area contributed by atoms with Gasteiger partial charge >= 0.3 is 0 Å². The maximum Gasteiger partial charge on any atom is 0.253 e. The van der Waals surface area contributed by atoms with E-state index in [0.29, 0.717) is 29.0 Å². The molecule has 4 heteroatoms. The van der Waals surface area contributed by atoms with Crippen LogP contribution in [0.2, 0.25) is 0 Å². The van der Waals surface area contributed by atoms with E-state index in [1.807, 2.05) is 4.90 Å². The first-order valence-corrected chi connectivity index (χ1v) is 7.40. The maximum absolute atomic E-state index is 12.6. The third-order valence-corrected chi connectivity index (χ3v) is 4.40. The molecule has 1 aliphatic rings. The molecule has 0 spiro atoms. The van der Waals surface area contributed by atoms with Crippen molar-refractivity contribution in [1.82, 2.24) is 9.80 Å². The molecule has 0 unspecified atom stereocenters. The number of carbonyl (C=O) groups excluding carboxylic acids is 1. The van der Waals surface area contributed by atoms with Crippen molar-refractivity contribution in [2.24, 2.45) is 11.8 Å². The van der Waals surface area contributed by atoms with Crippen molar-refractivity contribution >= 4 is 5.91 Å². The summed E-state index contributed by atoms with van der Waals surface area (Å²) in [6.07, 6.45) is 0. The third-order valence-electron chi connectivity index (χ3n) is 4.40. The number of nitriles is 1. The molecule has 1 aliphatic heterocycles. The number of amides is 1. The van der Waals surface area contributed by atoms with E-state index in [-0.39, 0.29) is 5.91 Å². The van der Waals surface area contributed by atoms with Crippen molar-refractivity contribution in [2.45, 2.75) is 19.9 Å². The molecule has 1 amide bonds. The lowest BCUT2D eigenvalue weighted by Gasteiger charge is -2.27. The highest BCUT2D eigenvalue weighted by atomic mass is 16.2. The molecule has 4 nitrogen and oxygen atoms in total. The van der Waals surface area contributed by atoms with Crippen molar-refractivity contribution < 1.29 is 4.79 Å². The fourth-order valence-electron chi connectivity index (χ4n) is 3.05. The highest BCUT2D eigenvalue weighted by Crippen LogP contribution is 2.28. The Bertz CT molecular complexity index is 526. The standard InChI is InChI=1S/C17H23N3O/c1-12(2)15-10-20(11-16(15)19(3)4)17(21)14-7-5-13(9-18)6-8-14/h5-8,12,15-16H,10-11H2,1-4H3/t15-,16+/m1/s1. The van der Waals surface area contributed by atoms with Gasteiger partial charge in [-0.15, -0.1) is 0 Å². The Morgan fingerprint density at radius 1 is 1.29 bits per heavy atom. The minimum atomic E-state index is 0.0643. The number of likely N-dealkylation sites (tertiary alicyclic amines) is 1. The molecule has 21 heavy (non-hydrogen) atoms. The molecule has 0 aromatic heterocycles. The number of rotatable bonds is 3. The second kappa shape index (κ2) is 6.28. The summed E-state index contributed by atoms with van der Waals surface area (Å²) in [4.78, 5) is 16.8. The van der Waals surface area contributed by atoms with Crippen molar-refractivity contribution in [3.05, 3.63) is 35.4 Å². The Morgan fingerprint density at radius 2 is 1.90 bits per heavy atom. The molecule has 0 N–H and O–H groups in total. The minimum Gasteiger partial charge on any atom is -0.337 e. The topological polar surface area (TPSA) is 47.3 Å². The van der Waals surface area contributed by atoms with Gasteiger partial charge in [-0.1, -0.05) is 13.8 Å². The molecule has 0 saturated carbocycles. The van der Waals surface area contributed by atoms with Gasteiger partial charge in [-0.25, -0.2) is 0 Å².